The Morgan fingerprint density at radius 3 is 2.41 bits per heavy atom. The summed E-state index contributed by atoms with van der Waals surface area (Å²) in [6, 6.07) is 7.36. The third-order valence-electron chi connectivity index (χ3n) is 6.90. The Bertz CT molecular complexity index is 798. The first-order valence-corrected chi connectivity index (χ1v) is 11.9. The predicted molar refractivity (Wildman–Crippen MR) is 123 cm³/mol. The standard InChI is InChI=1S/C25H37N3O4/c1-16(2)13-19(26-3)24(30)28-21-12-8-7-11-18(21)15-22(28)23(29)27-20(25(31)32)14-17-9-5-4-6-10-17/h4-6,9-10,16,18-22,26H,7-8,11-15H2,1-3H3,(H,27,29)(H,31,32)/t18-,19-,20-,21?,22?/m0/s1. The van der Waals surface area contributed by atoms with Gasteiger partial charge in [-0.1, -0.05) is 57.0 Å². The van der Waals surface area contributed by atoms with Crippen LogP contribution >= 0.6 is 0 Å². The summed E-state index contributed by atoms with van der Waals surface area (Å²) in [7, 11) is 1.79. The van der Waals surface area contributed by atoms with E-state index in [1.807, 2.05) is 30.3 Å². The molecule has 0 radical (unpaired) electrons. The van der Waals surface area contributed by atoms with Crippen LogP contribution in [0.1, 0.15) is 57.9 Å². The van der Waals surface area contributed by atoms with Crippen molar-refractivity contribution in [2.24, 2.45) is 11.8 Å². The first kappa shape index (κ1) is 24.2. The molecule has 7 nitrogen and oxygen atoms in total. The molecule has 1 aromatic carbocycles. The third kappa shape index (κ3) is 5.68. The molecular formula is C25H37N3O4. The van der Waals surface area contributed by atoms with E-state index in [2.05, 4.69) is 24.5 Å². The van der Waals surface area contributed by atoms with Crippen LogP contribution in [0.4, 0.5) is 0 Å². The second-order valence-electron chi connectivity index (χ2n) is 9.67. The highest BCUT2D eigenvalue weighted by molar-refractivity contribution is 5.92. The Kier molecular flexibility index (Phi) is 8.29. The van der Waals surface area contributed by atoms with E-state index >= 15 is 0 Å². The van der Waals surface area contributed by atoms with Crippen LogP contribution in [-0.2, 0) is 20.8 Å². The summed E-state index contributed by atoms with van der Waals surface area (Å²) >= 11 is 0. The summed E-state index contributed by atoms with van der Waals surface area (Å²) in [4.78, 5) is 40.6. The average molecular weight is 444 g/mol. The van der Waals surface area contributed by atoms with Gasteiger partial charge in [0.2, 0.25) is 11.8 Å². The first-order valence-electron chi connectivity index (χ1n) is 11.9. The number of rotatable bonds is 9. The molecule has 7 heteroatoms. The van der Waals surface area contributed by atoms with Gasteiger partial charge in [0.1, 0.15) is 12.1 Å². The highest BCUT2D eigenvalue weighted by atomic mass is 16.4. The Morgan fingerprint density at radius 2 is 1.78 bits per heavy atom. The molecule has 3 rings (SSSR count). The Balaban J connectivity index is 1.79. The molecule has 1 aromatic rings. The first-order chi connectivity index (χ1) is 15.3. The van der Waals surface area contributed by atoms with E-state index in [0.717, 1.165) is 31.2 Å². The molecule has 5 atom stereocenters. The largest absolute Gasteiger partial charge is 0.480 e. The fraction of sp³-hybridized carbons (Fsp3) is 0.640. The number of carbonyl (C=O) groups excluding carboxylic acids is 2. The van der Waals surface area contributed by atoms with Crippen LogP contribution in [0, 0.1) is 11.8 Å². The molecule has 2 amide bonds. The fourth-order valence-corrected chi connectivity index (χ4v) is 5.32. The topological polar surface area (TPSA) is 98.7 Å². The molecule has 1 aliphatic carbocycles. The number of nitrogens with one attached hydrogen (secondary N) is 2. The van der Waals surface area contributed by atoms with Crippen molar-refractivity contribution in [2.45, 2.75) is 83.0 Å². The summed E-state index contributed by atoms with van der Waals surface area (Å²) in [6.45, 7) is 4.16. The minimum atomic E-state index is -1.07. The number of amides is 2. The number of likely N-dealkylation sites (N-methyl/N-ethyl adjacent to an activating group) is 1. The number of likely N-dealkylation sites (tertiary alicyclic amines) is 1. The van der Waals surface area contributed by atoms with E-state index in [0.29, 0.717) is 24.7 Å². The number of hydrogen-bond donors (Lipinski definition) is 3. The molecule has 176 valence electrons. The van der Waals surface area contributed by atoms with Crippen molar-refractivity contribution in [2.75, 3.05) is 7.05 Å². The zero-order valence-corrected chi connectivity index (χ0v) is 19.4. The average Bonchev–Trinajstić information content (AvgIpc) is 3.16. The molecule has 0 bridgehead atoms. The zero-order valence-electron chi connectivity index (χ0n) is 19.4. The SMILES string of the molecule is CN[C@@H](CC(C)C)C(=O)N1C(C(=O)N[C@@H](Cc2ccccc2)C(=O)O)C[C@@H]2CCCCC21. The van der Waals surface area contributed by atoms with Gasteiger partial charge in [-0.15, -0.1) is 0 Å². The predicted octanol–water partition coefficient (Wildman–Crippen LogP) is 2.59. The lowest BCUT2D eigenvalue weighted by atomic mass is 9.84. The minimum Gasteiger partial charge on any atom is -0.480 e. The van der Waals surface area contributed by atoms with Crippen molar-refractivity contribution >= 4 is 17.8 Å². The summed E-state index contributed by atoms with van der Waals surface area (Å²) in [5.74, 6) is -0.808. The fourth-order valence-electron chi connectivity index (χ4n) is 5.32. The van der Waals surface area contributed by atoms with Crippen molar-refractivity contribution in [1.29, 1.82) is 0 Å². The molecule has 1 saturated heterocycles. The Labute approximate surface area is 190 Å². The maximum atomic E-state index is 13.6. The van der Waals surface area contributed by atoms with Gasteiger partial charge in [0.25, 0.3) is 0 Å². The second kappa shape index (κ2) is 10.9. The molecule has 1 aliphatic heterocycles. The number of aliphatic carboxylic acids is 1. The number of hydrogen-bond acceptors (Lipinski definition) is 4. The van der Waals surface area contributed by atoms with Crippen molar-refractivity contribution in [3.05, 3.63) is 35.9 Å². The van der Waals surface area contributed by atoms with Crippen molar-refractivity contribution in [3.8, 4) is 0 Å². The van der Waals surface area contributed by atoms with Crippen molar-refractivity contribution < 1.29 is 19.5 Å². The van der Waals surface area contributed by atoms with Gasteiger partial charge in [0, 0.05) is 12.5 Å². The lowest BCUT2D eigenvalue weighted by Crippen LogP contribution is -2.57. The molecule has 2 unspecified atom stereocenters. The molecule has 3 N–H and O–H groups in total. The van der Waals surface area contributed by atoms with Gasteiger partial charge >= 0.3 is 5.97 Å². The molecule has 1 heterocycles. The highest BCUT2D eigenvalue weighted by Crippen LogP contribution is 2.40. The van der Waals surface area contributed by atoms with E-state index in [4.69, 9.17) is 0 Å². The van der Waals surface area contributed by atoms with E-state index in [1.165, 1.54) is 0 Å². The minimum absolute atomic E-state index is 0.0364. The van der Waals surface area contributed by atoms with E-state index < -0.39 is 18.1 Å². The summed E-state index contributed by atoms with van der Waals surface area (Å²) in [5.41, 5.74) is 0.848. The van der Waals surface area contributed by atoms with Gasteiger partial charge in [-0.2, -0.15) is 0 Å². The number of fused-ring (bicyclic) bond motifs is 1. The van der Waals surface area contributed by atoms with Gasteiger partial charge in [-0.3, -0.25) is 9.59 Å². The van der Waals surface area contributed by atoms with Gasteiger partial charge in [0.05, 0.1) is 6.04 Å². The molecule has 1 saturated carbocycles. The molecule has 0 spiro atoms. The van der Waals surface area contributed by atoms with Crippen LogP contribution in [0.3, 0.4) is 0 Å². The lowest BCUT2D eigenvalue weighted by molar-refractivity contribution is -0.145. The Hall–Kier alpha value is -2.41. The van der Waals surface area contributed by atoms with Gasteiger partial charge in [-0.05, 0) is 50.1 Å². The van der Waals surface area contributed by atoms with Crippen LogP contribution in [0.2, 0.25) is 0 Å². The summed E-state index contributed by atoms with van der Waals surface area (Å²) < 4.78 is 0. The number of carbonyl (C=O) groups is 3. The van der Waals surface area contributed by atoms with Crippen molar-refractivity contribution in [1.82, 2.24) is 15.5 Å². The summed E-state index contributed by atoms with van der Waals surface area (Å²) in [5, 5.41) is 15.6. The van der Waals surface area contributed by atoms with E-state index in [-0.39, 0.29) is 30.3 Å². The number of benzene rings is 1. The highest BCUT2D eigenvalue weighted by Gasteiger charge is 2.49. The number of carboxylic acid groups (broad SMARTS) is 1. The molecule has 0 aromatic heterocycles. The van der Waals surface area contributed by atoms with Crippen LogP contribution in [0.15, 0.2) is 30.3 Å². The van der Waals surface area contributed by atoms with E-state index in [9.17, 15) is 19.5 Å². The molecule has 2 fully saturated rings. The maximum Gasteiger partial charge on any atom is 0.326 e. The normalized spacial score (nSPS) is 24.6. The summed E-state index contributed by atoms with van der Waals surface area (Å²) in [6.07, 6.45) is 5.61. The van der Waals surface area contributed by atoms with Crippen LogP contribution in [-0.4, -0.2) is 59.0 Å². The molecule has 32 heavy (non-hydrogen) atoms. The monoisotopic (exact) mass is 443 g/mol. The molecule has 2 aliphatic rings. The zero-order chi connectivity index (χ0) is 23.3. The van der Waals surface area contributed by atoms with Gasteiger partial charge in [-0.25, -0.2) is 4.79 Å². The van der Waals surface area contributed by atoms with Crippen LogP contribution < -0.4 is 10.6 Å². The Morgan fingerprint density at radius 1 is 1.09 bits per heavy atom. The maximum absolute atomic E-state index is 13.6. The number of carboxylic acids is 1. The quantitative estimate of drug-likeness (QED) is 0.545. The number of nitrogens with zero attached hydrogens (tertiary/aromatic N) is 1. The van der Waals surface area contributed by atoms with Crippen LogP contribution in [0.5, 0.6) is 0 Å². The lowest BCUT2D eigenvalue weighted by Gasteiger charge is -2.36. The third-order valence-corrected chi connectivity index (χ3v) is 6.90. The van der Waals surface area contributed by atoms with Crippen molar-refractivity contribution in [3.63, 3.8) is 0 Å². The van der Waals surface area contributed by atoms with Crippen LogP contribution in [0.25, 0.3) is 0 Å². The second-order valence-corrected chi connectivity index (χ2v) is 9.67. The van der Waals surface area contributed by atoms with E-state index in [1.54, 1.807) is 11.9 Å². The smallest absolute Gasteiger partial charge is 0.326 e. The van der Waals surface area contributed by atoms with Gasteiger partial charge in [0.15, 0.2) is 0 Å². The van der Waals surface area contributed by atoms with Gasteiger partial charge < -0.3 is 20.6 Å². The molecular weight excluding hydrogens is 406 g/mol.